The Balaban J connectivity index is 1.80. The average Bonchev–Trinajstić information content (AvgIpc) is 2.85. The van der Waals surface area contributed by atoms with E-state index in [2.05, 4.69) is 15.0 Å². The Bertz CT molecular complexity index is 822. The molecule has 0 atom stereocenters. The molecule has 2 heterocycles. The molecule has 0 bridgehead atoms. The minimum Gasteiger partial charge on any atom is -0.408 e. The molecule has 4 N–H and O–H groups in total. The summed E-state index contributed by atoms with van der Waals surface area (Å²) in [5, 5.41) is 0. The van der Waals surface area contributed by atoms with E-state index >= 15 is 0 Å². The van der Waals surface area contributed by atoms with Crippen LogP contribution < -0.4 is 11.5 Å². The molecule has 1 saturated carbocycles. The fourth-order valence-corrected chi connectivity index (χ4v) is 2.21. The maximum Gasteiger partial charge on any atom is 0.417 e. The molecule has 6 heteroatoms. The zero-order valence-electron chi connectivity index (χ0n) is 10.1. The van der Waals surface area contributed by atoms with Gasteiger partial charge in [0, 0.05) is 5.56 Å². The Morgan fingerprint density at radius 1 is 1.32 bits per heavy atom. The van der Waals surface area contributed by atoms with Gasteiger partial charge in [0.2, 0.25) is 0 Å². The summed E-state index contributed by atoms with van der Waals surface area (Å²) in [4.78, 5) is 21.3. The van der Waals surface area contributed by atoms with Gasteiger partial charge < -0.3 is 15.1 Å². The Hall–Kier alpha value is -2.34. The predicted octanol–water partition coefficient (Wildman–Crippen LogP) is 1.46. The molecule has 0 radical (unpaired) electrons. The zero-order valence-corrected chi connectivity index (χ0v) is 10.1. The summed E-state index contributed by atoms with van der Waals surface area (Å²) >= 11 is 0. The van der Waals surface area contributed by atoms with Crippen molar-refractivity contribution in [2.75, 3.05) is 0 Å². The van der Waals surface area contributed by atoms with Crippen LogP contribution in [0.2, 0.25) is 0 Å². The Morgan fingerprint density at radius 3 is 2.95 bits per heavy atom. The molecule has 4 rings (SSSR count). The van der Waals surface area contributed by atoms with Crippen LogP contribution in [0, 0.1) is 0 Å². The fourth-order valence-electron chi connectivity index (χ4n) is 2.21. The molecule has 0 saturated heterocycles. The van der Waals surface area contributed by atoms with E-state index in [1.807, 2.05) is 12.1 Å². The normalized spacial score (nSPS) is 16.9. The molecule has 0 amide bonds. The van der Waals surface area contributed by atoms with Crippen LogP contribution in [0.15, 0.2) is 33.6 Å². The van der Waals surface area contributed by atoms with Gasteiger partial charge in [0.25, 0.3) is 0 Å². The molecule has 3 aromatic rings. The number of nitrogens with zero attached hydrogens (tertiary/aromatic N) is 1. The van der Waals surface area contributed by atoms with E-state index in [-0.39, 0.29) is 5.54 Å². The molecule has 2 aromatic heterocycles. The highest BCUT2D eigenvalue weighted by atomic mass is 16.4. The van der Waals surface area contributed by atoms with Crippen molar-refractivity contribution in [3.8, 4) is 11.3 Å². The third-order valence-corrected chi connectivity index (χ3v) is 3.57. The lowest BCUT2D eigenvalue weighted by molar-refractivity contribution is 0.555. The number of aromatic amines is 2. The summed E-state index contributed by atoms with van der Waals surface area (Å²) in [5.74, 6) is 0.375. The number of hydrogen-bond acceptors (Lipinski definition) is 4. The Kier molecular flexibility index (Phi) is 1.87. The van der Waals surface area contributed by atoms with E-state index in [4.69, 9.17) is 10.2 Å². The first-order valence-electron chi connectivity index (χ1n) is 6.12. The fraction of sp³-hybridized carbons (Fsp3) is 0.231. The van der Waals surface area contributed by atoms with Gasteiger partial charge in [-0.05, 0) is 31.0 Å². The summed E-state index contributed by atoms with van der Waals surface area (Å²) in [7, 11) is 0. The largest absolute Gasteiger partial charge is 0.417 e. The lowest BCUT2D eigenvalue weighted by atomic mass is 10.1. The van der Waals surface area contributed by atoms with Crippen molar-refractivity contribution in [1.82, 2.24) is 15.0 Å². The predicted molar refractivity (Wildman–Crippen MR) is 69.5 cm³/mol. The quantitative estimate of drug-likeness (QED) is 0.646. The molecule has 19 heavy (non-hydrogen) atoms. The van der Waals surface area contributed by atoms with Crippen molar-refractivity contribution >= 4 is 11.1 Å². The van der Waals surface area contributed by atoms with E-state index in [1.165, 1.54) is 0 Å². The monoisotopic (exact) mass is 256 g/mol. The number of oxazole rings is 1. The highest BCUT2D eigenvalue weighted by molar-refractivity contribution is 5.78. The molecular formula is C13H12N4O2. The van der Waals surface area contributed by atoms with Gasteiger partial charge in [-0.1, -0.05) is 0 Å². The number of benzene rings is 1. The summed E-state index contributed by atoms with van der Waals surface area (Å²) in [6, 6.07) is 5.50. The number of imidazole rings is 1. The molecule has 1 fully saturated rings. The van der Waals surface area contributed by atoms with E-state index in [0.717, 1.165) is 29.9 Å². The van der Waals surface area contributed by atoms with Gasteiger partial charge in [0.15, 0.2) is 5.58 Å². The van der Waals surface area contributed by atoms with Gasteiger partial charge in [-0.3, -0.25) is 4.98 Å². The third kappa shape index (κ3) is 1.61. The van der Waals surface area contributed by atoms with Crippen molar-refractivity contribution in [2.24, 2.45) is 5.73 Å². The van der Waals surface area contributed by atoms with Crippen molar-refractivity contribution in [1.29, 1.82) is 0 Å². The van der Waals surface area contributed by atoms with Gasteiger partial charge in [-0.25, -0.2) is 9.78 Å². The topological polar surface area (TPSA) is 101 Å². The SMILES string of the molecule is NC1(c2ncc(-c3ccc4oc(=O)[nH]c4c3)[nH]2)CC1. The second kappa shape index (κ2) is 3.36. The van der Waals surface area contributed by atoms with Gasteiger partial charge in [0.05, 0.1) is 22.9 Å². The summed E-state index contributed by atoms with van der Waals surface area (Å²) in [5.41, 5.74) is 8.87. The van der Waals surface area contributed by atoms with Crippen molar-refractivity contribution in [2.45, 2.75) is 18.4 Å². The number of rotatable bonds is 2. The Labute approximate surface area is 107 Å². The second-order valence-corrected chi connectivity index (χ2v) is 5.03. The maximum atomic E-state index is 11.1. The molecule has 6 nitrogen and oxygen atoms in total. The standard InChI is InChI=1S/C13H12N4O2/c14-13(3-4-13)11-15-6-9(16-11)7-1-2-10-8(5-7)17-12(18)19-10/h1-2,5-6H,3-4,14H2,(H,15,16)(H,17,18). The van der Waals surface area contributed by atoms with Crippen molar-refractivity contribution in [3.05, 3.63) is 40.8 Å². The van der Waals surface area contributed by atoms with Crippen LogP contribution >= 0.6 is 0 Å². The highest BCUT2D eigenvalue weighted by Gasteiger charge is 2.42. The van der Waals surface area contributed by atoms with Crippen LogP contribution in [0.1, 0.15) is 18.7 Å². The minimum atomic E-state index is -0.448. The summed E-state index contributed by atoms with van der Waals surface area (Å²) in [6.45, 7) is 0. The van der Waals surface area contributed by atoms with Gasteiger partial charge >= 0.3 is 5.76 Å². The van der Waals surface area contributed by atoms with E-state index in [9.17, 15) is 4.79 Å². The van der Waals surface area contributed by atoms with Crippen LogP contribution in [0.4, 0.5) is 0 Å². The second-order valence-electron chi connectivity index (χ2n) is 5.03. The van der Waals surface area contributed by atoms with Crippen molar-refractivity contribution < 1.29 is 4.42 Å². The zero-order chi connectivity index (χ0) is 13.0. The van der Waals surface area contributed by atoms with E-state index in [0.29, 0.717) is 11.1 Å². The molecule has 1 aromatic carbocycles. The number of fused-ring (bicyclic) bond motifs is 1. The number of nitrogens with two attached hydrogens (primary N) is 1. The van der Waals surface area contributed by atoms with Crippen molar-refractivity contribution in [3.63, 3.8) is 0 Å². The summed E-state index contributed by atoms with van der Waals surface area (Å²) < 4.78 is 4.97. The summed E-state index contributed by atoms with van der Waals surface area (Å²) in [6.07, 6.45) is 3.70. The highest BCUT2D eigenvalue weighted by Crippen LogP contribution is 2.41. The maximum absolute atomic E-state index is 11.1. The number of aromatic nitrogens is 3. The minimum absolute atomic E-state index is 0.272. The van der Waals surface area contributed by atoms with Gasteiger partial charge in [-0.15, -0.1) is 0 Å². The van der Waals surface area contributed by atoms with Gasteiger partial charge in [0.1, 0.15) is 5.82 Å². The van der Waals surface area contributed by atoms with Crippen LogP contribution in [0.5, 0.6) is 0 Å². The van der Waals surface area contributed by atoms with Crippen LogP contribution in [-0.2, 0) is 5.54 Å². The number of H-pyrrole nitrogens is 2. The van der Waals surface area contributed by atoms with Crippen LogP contribution in [0.25, 0.3) is 22.4 Å². The molecule has 0 unspecified atom stereocenters. The first-order valence-corrected chi connectivity index (χ1v) is 6.12. The average molecular weight is 256 g/mol. The van der Waals surface area contributed by atoms with Gasteiger partial charge in [-0.2, -0.15) is 0 Å². The molecule has 1 aliphatic carbocycles. The Morgan fingerprint density at radius 2 is 2.16 bits per heavy atom. The first kappa shape index (κ1) is 10.6. The number of nitrogens with one attached hydrogen (secondary N) is 2. The molecule has 0 aliphatic heterocycles. The third-order valence-electron chi connectivity index (χ3n) is 3.57. The molecule has 0 spiro atoms. The van der Waals surface area contributed by atoms with E-state index in [1.54, 1.807) is 12.3 Å². The number of hydrogen-bond donors (Lipinski definition) is 3. The lowest BCUT2D eigenvalue weighted by Crippen LogP contribution is -2.20. The molecule has 96 valence electrons. The first-order chi connectivity index (χ1) is 9.14. The smallest absolute Gasteiger partial charge is 0.408 e. The molecule has 1 aliphatic rings. The van der Waals surface area contributed by atoms with E-state index < -0.39 is 5.76 Å². The van der Waals surface area contributed by atoms with Crippen LogP contribution in [-0.4, -0.2) is 15.0 Å². The van der Waals surface area contributed by atoms with Crippen LogP contribution in [0.3, 0.4) is 0 Å². The molecular weight excluding hydrogens is 244 g/mol. The lowest BCUT2D eigenvalue weighted by Gasteiger charge is -2.03.